The summed E-state index contributed by atoms with van der Waals surface area (Å²) in [6.45, 7) is 9.72. The van der Waals surface area contributed by atoms with E-state index in [1.54, 1.807) is 45.0 Å². The molecular weight excluding hydrogens is 276 g/mol. The summed E-state index contributed by atoms with van der Waals surface area (Å²) in [7, 11) is -3.32. The van der Waals surface area contributed by atoms with Crippen LogP contribution < -0.4 is 4.74 Å². The fraction of sp³-hybridized carbons (Fsp3) is 0.600. The minimum Gasteiger partial charge on any atom is -0.485 e. The third-order valence-electron chi connectivity index (χ3n) is 3.43. The molecule has 0 radical (unpaired) electrons. The highest BCUT2D eigenvalue weighted by atomic mass is 32.2. The number of rotatable bonds is 4. The summed E-state index contributed by atoms with van der Waals surface area (Å²) >= 11 is 0. The summed E-state index contributed by atoms with van der Waals surface area (Å²) in [5.74, 6) is 0.651. The molecule has 0 N–H and O–H groups in total. The van der Waals surface area contributed by atoms with E-state index in [1.807, 2.05) is 13.8 Å². The monoisotopic (exact) mass is 298 g/mol. The first-order chi connectivity index (χ1) is 9.04. The van der Waals surface area contributed by atoms with Crippen molar-refractivity contribution in [3.8, 4) is 5.75 Å². The standard InChI is InChI=1S/C15H22O4S/c1-14(2,3)20(16,17)12-8-6-11(7-9-12)19-15(4,5)13-10-18-13/h6-9,13H,10H2,1-5H3. The van der Waals surface area contributed by atoms with Gasteiger partial charge < -0.3 is 9.47 Å². The molecule has 0 aliphatic carbocycles. The quantitative estimate of drug-likeness (QED) is 0.802. The number of ether oxygens (including phenoxy) is 2. The van der Waals surface area contributed by atoms with Crippen molar-refractivity contribution in [2.45, 2.75) is 56.0 Å². The van der Waals surface area contributed by atoms with Crippen molar-refractivity contribution < 1.29 is 17.9 Å². The van der Waals surface area contributed by atoms with E-state index >= 15 is 0 Å². The molecule has 1 aliphatic heterocycles. The highest BCUT2D eigenvalue weighted by Crippen LogP contribution is 2.31. The van der Waals surface area contributed by atoms with Crippen molar-refractivity contribution in [1.29, 1.82) is 0 Å². The zero-order valence-corrected chi connectivity index (χ0v) is 13.5. The van der Waals surface area contributed by atoms with Crippen LogP contribution in [0.4, 0.5) is 0 Å². The molecule has 5 heteroatoms. The van der Waals surface area contributed by atoms with E-state index < -0.39 is 20.2 Å². The van der Waals surface area contributed by atoms with Crippen LogP contribution in [0.3, 0.4) is 0 Å². The number of hydrogen-bond donors (Lipinski definition) is 0. The molecule has 20 heavy (non-hydrogen) atoms. The molecular formula is C15H22O4S. The number of epoxide rings is 1. The largest absolute Gasteiger partial charge is 0.485 e. The Labute approximate surface area is 121 Å². The lowest BCUT2D eigenvalue weighted by atomic mass is 10.1. The molecule has 1 saturated heterocycles. The molecule has 4 nitrogen and oxygen atoms in total. The molecule has 1 aromatic carbocycles. The number of benzene rings is 1. The Bertz CT molecular complexity index is 575. The van der Waals surface area contributed by atoms with Crippen LogP contribution in [0, 0.1) is 0 Å². The minimum atomic E-state index is -3.32. The van der Waals surface area contributed by atoms with Gasteiger partial charge in [-0.1, -0.05) is 0 Å². The SMILES string of the molecule is CC(C)(Oc1ccc(S(=O)(=O)C(C)(C)C)cc1)C1CO1. The second kappa shape index (κ2) is 4.74. The predicted octanol–water partition coefficient (Wildman–Crippen LogP) is 2.82. The minimum absolute atomic E-state index is 0.112. The van der Waals surface area contributed by atoms with Crippen LogP contribution in [0.25, 0.3) is 0 Å². The van der Waals surface area contributed by atoms with Gasteiger partial charge >= 0.3 is 0 Å². The number of sulfone groups is 1. The maximum absolute atomic E-state index is 12.3. The zero-order valence-electron chi connectivity index (χ0n) is 12.6. The third kappa shape index (κ3) is 2.99. The molecule has 0 spiro atoms. The van der Waals surface area contributed by atoms with Crippen molar-refractivity contribution in [1.82, 2.24) is 0 Å². The van der Waals surface area contributed by atoms with Crippen molar-refractivity contribution in [2.75, 3.05) is 6.61 Å². The maximum Gasteiger partial charge on any atom is 0.183 e. The van der Waals surface area contributed by atoms with Crippen LogP contribution in [0.1, 0.15) is 34.6 Å². The van der Waals surface area contributed by atoms with E-state index in [1.165, 1.54) is 0 Å². The third-order valence-corrected chi connectivity index (χ3v) is 5.93. The molecule has 1 heterocycles. The molecule has 1 aromatic rings. The van der Waals surface area contributed by atoms with E-state index in [9.17, 15) is 8.42 Å². The zero-order chi connectivity index (χ0) is 15.2. The summed E-state index contributed by atoms with van der Waals surface area (Å²) in [6.07, 6.45) is 0.112. The van der Waals surface area contributed by atoms with E-state index in [0.29, 0.717) is 17.3 Å². The Hall–Kier alpha value is -1.07. The highest BCUT2D eigenvalue weighted by Gasteiger charge is 2.41. The van der Waals surface area contributed by atoms with Gasteiger partial charge in [-0.15, -0.1) is 0 Å². The summed E-state index contributed by atoms with van der Waals surface area (Å²) in [5.41, 5.74) is -0.398. The van der Waals surface area contributed by atoms with Crippen LogP contribution in [0.2, 0.25) is 0 Å². The predicted molar refractivity (Wildman–Crippen MR) is 77.8 cm³/mol. The Balaban J connectivity index is 2.19. The molecule has 0 amide bonds. The van der Waals surface area contributed by atoms with Crippen molar-refractivity contribution >= 4 is 9.84 Å². The van der Waals surface area contributed by atoms with Gasteiger partial charge in [-0.3, -0.25) is 0 Å². The Kier molecular flexibility index (Phi) is 3.63. The molecule has 2 rings (SSSR count). The second-order valence-corrected chi connectivity index (χ2v) is 9.32. The average molecular weight is 298 g/mol. The van der Waals surface area contributed by atoms with Crippen LogP contribution >= 0.6 is 0 Å². The average Bonchev–Trinajstić information content (AvgIpc) is 3.11. The van der Waals surface area contributed by atoms with E-state index in [-0.39, 0.29) is 6.10 Å². The Morgan fingerprint density at radius 1 is 1.10 bits per heavy atom. The summed E-state index contributed by atoms with van der Waals surface area (Å²) in [5, 5.41) is 0. The lowest BCUT2D eigenvalue weighted by Crippen LogP contribution is -2.34. The van der Waals surface area contributed by atoms with Crippen LogP contribution in [-0.4, -0.2) is 31.5 Å². The van der Waals surface area contributed by atoms with E-state index in [4.69, 9.17) is 9.47 Å². The Morgan fingerprint density at radius 2 is 1.60 bits per heavy atom. The van der Waals surface area contributed by atoms with Gasteiger partial charge in [-0.2, -0.15) is 0 Å². The van der Waals surface area contributed by atoms with Crippen LogP contribution in [0.15, 0.2) is 29.2 Å². The second-order valence-electron chi connectivity index (χ2n) is 6.61. The van der Waals surface area contributed by atoms with Crippen LogP contribution in [0.5, 0.6) is 5.75 Å². The highest BCUT2D eigenvalue weighted by molar-refractivity contribution is 7.92. The van der Waals surface area contributed by atoms with Crippen molar-refractivity contribution in [3.05, 3.63) is 24.3 Å². The molecule has 1 aliphatic rings. The fourth-order valence-corrected chi connectivity index (χ4v) is 3.06. The first-order valence-electron chi connectivity index (χ1n) is 6.69. The molecule has 1 unspecified atom stereocenters. The molecule has 1 fully saturated rings. The smallest absolute Gasteiger partial charge is 0.183 e. The van der Waals surface area contributed by atoms with Crippen molar-refractivity contribution in [2.24, 2.45) is 0 Å². The van der Waals surface area contributed by atoms with Crippen LogP contribution in [-0.2, 0) is 14.6 Å². The normalized spacial score (nSPS) is 19.8. The van der Waals surface area contributed by atoms with Gasteiger partial charge in [0.25, 0.3) is 0 Å². The summed E-state index contributed by atoms with van der Waals surface area (Å²) < 4.78 is 34.9. The van der Waals surface area contributed by atoms with E-state index in [2.05, 4.69) is 0 Å². The van der Waals surface area contributed by atoms with Gasteiger partial charge in [0.15, 0.2) is 9.84 Å². The molecule has 1 atom stereocenters. The lowest BCUT2D eigenvalue weighted by Gasteiger charge is -2.25. The molecule has 0 saturated carbocycles. The first kappa shape index (κ1) is 15.3. The van der Waals surface area contributed by atoms with Gasteiger partial charge in [0.2, 0.25) is 0 Å². The molecule has 0 bridgehead atoms. The summed E-state index contributed by atoms with van der Waals surface area (Å²) in [6, 6.07) is 6.59. The first-order valence-corrected chi connectivity index (χ1v) is 8.18. The lowest BCUT2D eigenvalue weighted by molar-refractivity contribution is 0.0743. The van der Waals surface area contributed by atoms with Gasteiger partial charge in [0.1, 0.15) is 17.5 Å². The summed E-state index contributed by atoms with van der Waals surface area (Å²) in [4.78, 5) is 0.317. The molecule has 112 valence electrons. The van der Waals surface area contributed by atoms with E-state index in [0.717, 1.165) is 0 Å². The van der Waals surface area contributed by atoms with Crippen molar-refractivity contribution in [3.63, 3.8) is 0 Å². The van der Waals surface area contributed by atoms with Gasteiger partial charge in [0.05, 0.1) is 16.2 Å². The topological polar surface area (TPSA) is 55.9 Å². The number of hydrogen-bond acceptors (Lipinski definition) is 4. The van der Waals surface area contributed by atoms with Gasteiger partial charge in [0, 0.05) is 0 Å². The Morgan fingerprint density at radius 3 is 2.00 bits per heavy atom. The maximum atomic E-state index is 12.3. The van der Waals surface area contributed by atoms with Gasteiger partial charge in [-0.05, 0) is 58.9 Å². The fourth-order valence-electron chi connectivity index (χ4n) is 1.86. The van der Waals surface area contributed by atoms with Gasteiger partial charge in [-0.25, -0.2) is 8.42 Å². The molecule has 0 aromatic heterocycles.